The molecule has 2 unspecified atom stereocenters. The van der Waals surface area contributed by atoms with Crippen molar-refractivity contribution in [3.8, 4) is 0 Å². The van der Waals surface area contributed by atoms with Gasteiger partial charge in [0.15, 0.2) is 5.78 Å². The van der Waals surface area contributed by atoms with Gasteiger partial charge in [0.1, 0.15) is 12.6 Å². The van der Waals surface area contributed by atoms with E-state index in [2.05, 4.69) is 30.3 Å². The zero-order valence-electron chi connectivity index (χ0n) is 13.0. The number of carbonyl (C=O) groups excluding carboxylic acids is 1. The standard InChI is InChI=1S/C16H22NO.ClHO4/c18-16-10-6-12-17(11-5-4-9-15(16)17)13-14-7-2-1-3-8-14;2-1(3,4)5/h1-3,7-8,15H,4-6,9-13H2;(H,2,3,4,5)/q+1;/p-1. The zero-order valence-corrected chi connectivity index (χ0v) is 13.7. The molecule has 2 heterocycles. The summed E-state index contributed by atoms with van der Waals surface area (Å²) in [7, 11) is -4.94. The van der Waals surface area contributed by atoms with E-state index in [1.807, 2.05) is 0 Å². The Morgan fingerprint density at radius 1 is 1.00 bits per heavy atom. The maximum atomic E-state index is 12.2. The monoisotopic (exact) mass is 343 g/mol. The van der Waals surface area contributed by atoms with Crippen LogP contribution in [0.25, 0.3) is 0 Å². The predicted molar refractivity (Wildman–Crippen MR) is 72.0 cm³/mol. The number of fused-ring (bicyclic) bond motifs is 1. The average molecular weight is 344 g/mol. The topological polar surface area (TPSA) is 109 Å². The summed E-state index contributed by atoms with van der Waals surface area (Å²) in [5, 5.41) is 0. The Labute approximate surface area is 138 Å². The first-order valence-electron chi connectivity index (χ1n) is 7.84. The van der Waals surface area contributed by atoms with Gasteiger partial charge in [-0.1, -0.05) is 30.3 Å². The van der Waals surface area contributed by atoms with Crippen LogP contribution in [0.1, 0.15) is 37.7 Å². The number of hydrogen-bond acceptors (Lipinski definition) is 5. The lowest BCUT2D eigenvalue weighted by Gasteiger charge is -2.49. The summed E-state index contributed by atoms with van der Waals surface area (Å²) < 4.78 is 35.0. The van der Waals surface area contributed by atoms with Crippen molar-refractivity contribution in [3.05, 3.63) is 35.9 Å². The largest absolute Gasteiger partial charge is 0.311 e. The van der Waals surface area contributed by atoms with Crippen molar-refractivity contribution in [1.82, 2.24) is 0 Å². The second-order valence-corrected chi connectivity index (χ2v) is 7.02. The molecule has 0 bridgehead atoms. The highest BCUT2D eigenvalue weighted by atomic mass is 35.7. The average Bonchev–Trinajstić information content (AvgIpc) is 2.47. The molecule has 1 aromatic rings. The van der Waals surface area contributed by atoms with Gasteiger partial charge in [-0.3, -0.25) is 4.79 Å². The van der Waals surface area contributed by atoms with Crippen LogP contribution in [0.5, 0.6) is 0 Å². The molecule has 3 rings (SSSR count). The van der Waals surface area contributed by atoms with Gasteiger partial charge in [-0.25, -0.2) is 18.6 Å². The predicted octanol–water partition coefficient (Wildman–Crippen LogP) is -1.84. The first-order chi connectivity index (χ1) is 10.8. The van der Waals surface area contributed by atoms with Crippen molar-refractivity contribution >= 4 is 5.78 Å². The third-order valence-electron chi connectivity index (χ3n) is 4.73. The van der Waals surface area contributed by atoms with Crippen LogP contribution in [0.4, 0.5) is 0 Å². The van der Waals surface area contributed by atoms with Gasteiger partial charge in [0.05, 0.1) is 13.1 Å². The van der Waals surface area contributed by atoms with Crippen LogP contribution in [-0.4, -0.2) is 29.4 Å². The number of nitrogens with zero attached hydrogens (tertiary/aromatic N) is 1. The Hall–Kier alpha value is -1.02. The van der Waals surface area contributed by atoms with Gasteiger partial charge in [-0.05, 0) is 12.8 Å². The van der Waals surface area contributed by atoms with Crippen LogP contribution in [-0.2, 0) is 11.3 Å². The molecule has 23 heavy (non-hydrogen) atoms. The van der Waals surface area contributed by atoms with Crippen molar-refractivity contribution in [2.24, 2.45) is 0 Å². The van der Waals surface area contributed by atoms with Gasteiger partial charge >= 0.3 is 0 Å². The second-order valence-electron chi connectivity index (χ2n) is 6.27. The molecule has 2 saturated heterocycles. The fraction of sp³-hybridized carbons (Fsp3) is 0.562. The van der Waals surface area contributed by atoms with E-state index in [0.29, 0.717) is 11.8 Å². The van der Waals surface area contributed by atoms with E-state index in [1.165, 1.54) is 31.5 Å². The van der Waals surface area contributed by atoms with Crippen LogP contribution in [0.2, 0.25) is 0 Å². The molecule has 0 saturated carbocycles. The van der Waals surface area contributed by atoms with Crippen molar-refractivity contribution in [3.63, 3.8) is 0 Å². The van der Waals surface area contributed by atoms with Crippen molar-refractivity contribution in [1.29, 1.82) is 0 Å². The van der Waals surface area contributed by atoms with Gasteiger partial charge in [0.2, 0.25) is 0 Å². The SMILES string of the molecule is O=C1CCC[N+]2(Cc3ccccc3)CCCCC12.[O-][Cl+3]([O-])([O-])[O-]. The van der Waals surface area contributed by atoms with Crippen LogP contribution in [0.15, 0.2) is 30.3 Å². The third-order valence-corrected chi connectivity index (χ3v) is 4.73. The summed E-state index contributed by atoms with van der Waals surface area (Å²) in [6.45, 7) is 3.45. The molecule has 2 aliphatic heterocycles. The Morgan fingerprint density at radius 2 is 1.61 bits per heavy atom. The maximum absolute atomic E-state index is 12.2. The minimum absolute atomic E-state index is 0.299. The number of quaternary nitrogens is 1. The molecular formula is C16H22ClNO5. The zero-order chi connectivity index (χ0) is 16.9. The number of ketones is 1. The van der Waals surface area contributed by atoms with Crippen molar-refractivity contribution < 1.29 is 38.2 Å². The molecule has 7 heteroatoms. The van der Waals surface area contributed by atoms with E-state index in [9.17, 15) is 4.79 Å². The fourth-order valence-electron chi connectivity index (χ4n) is 3.88. The van der Waals surface area contributed by atoms with Crippen molar-refractivity contribution in [2.75, 3.05) is 13.1 Å². The quantitative estimate of drug-likeness (QED) is 0.586. The lowest BCUT2D eigenvalue weighted by Crippen LogP contribution is -2.68. The summed E-state index contributed by atoms with van der Waals surface area (Å²) in [4.78, 5) is 12.2. The highest BCUT2D eigenvalue weighted by Gasteiger charge is 2.45. The molecule has 2 atom stereocenters. The summed E-state index contributed by atoms with van der Waals surface area (Å²) in [6.07, 6.45) is 5.55. The minimum atomic E-state index is -4.94. The number of Topliss-reactive ketones (excluding diaryl/α,β-unsaturated/α-hetero) is 1. The molecule has 1 aromatic carbocycles. The van der Waals surface area contributed by atoms with E-state index in [4.69, 9.17) is 18.6 Å². The Bertz CT molecular complexity index is 509. The summed E-state index contributed by atoms with van der Waals surface area (Å²) in [5.74, 6) is 0.525. The summed E-state index contributed by atoms with van der Waals surface area (Å²) >= 11 is 0. The molecule has 0 amide bonds. The van der Waals surface area contributed by atoms with E-state index >= 15 is 0 Å². The molecule has 6 nitrogen and oxygen atoms in total. The molecule has 0 aromatic heterocycles. The van der Waals surface area contributed by atoms with Crippen LogP contribution in [0, 0.1) is 10.2 Å². The lowest BCUT2D eigenvalue weighted by molar-refractivity contribution is -2.00. The van der Waals surface area contributed by atoms with Gasteiger partial charge in [-0.15, -0.1) is 10.2 Å². The van der Waals surface area contributed by atoms with Crippen LogP contribution >= 0.6 is 0 Å². The maximum Gasteiger partial charge on any atom is 0.190 e. The van der Waals surface area contributed by atoms with E-state index in [0.717, 1.165) is 30.3 Å². The van der Waals surface area contributed by atoms with E-state index < -0.39 is 10.2 Å². The molecule has 128 valence electrons. The first kappa shape index (κ1) is 18.3. The molecule has 0 aliphatic carbocycles. The number of halogens is 1. The van der Waals surface area contributed by atoms with Crippen LogP contribution in [0.3, 0.4) is 0 Å². The number of piperidine rings is 2. The lowest BCUT2D eigenvalue weighted by atomic mass is 9.87. The number of rotatable bonds is 2. The molecule has 0 N–H and O–H groups in total. The number of benzene rings is 1. The summed E-state index contributed by atoms with van der Waals surface area (Å²) in [6, 6.07) is 11.0. The van der Waals surface area contributed by atoms with Crippen LogP contribution < -0.4 is 18.6 Å². The molecular weight excluding hydrogens is 322 g/mol. The third kappa shape index (κ3) is 5.53. The number of hydrogen-bond donors (Lipinski definition) is 0. The highest BCUT2D eigenvalue weighted by Crippen LogP contribution is 2.34. The minimum Gasteiger partial charge on any atom is -0.311 e. The van der Waals surface area contributed by atoms with Gasteiger partial charge in [0, 0.05) is 24.8 Å². The Kier molecular flexibility index (Phi) is 6.13. The molecule has 0 radical (unpaired) electrons. The second kappa shape index (κ2) is 7.70. The number of carbonyl (C=O) groups is 1. The van der Waals surface area contributed by atoms with Gasteiger partial charge in [-0.2, -0.15) is 0 Å². The fourth-order valence-corrected chi connectivity index (χ4v) is 3.88. The van der Waals surface area contributed by atoms with Crippen molar-refractivity contribution in [2.45, 2.75) is 44.7 Å². The molecule has 2 aliphatic rings. The Morgan fingerprint density at radius 3 is 2.26 bits per heavy atom. The van der Waals surface area contributed by atoms with Gasteiger partial charge in [0.25, 0.3) is 0 Å². The highest BCUT2D eigenvalue weighted by molar-refractivity contribution is 5.83. The molecule has 0 spiro atoms. The smallest absolute Gasteiger partial charge is 0.190 e. The summed E-state index contributed by atoms with van der Waals surface area (Å²) in [5.41, 5.74) is 1.39. The normalized spacial score (nSPS) is 27.7. The molecule has 2 fully saturated rings. The van der Waals surface area contributed by atoms with E-state index in [1.54, 1.807) is 0 Å². The van der Waals surface area contributed by atoms with Gasteiger partial charge < -0.3 is 4.48 Å². The van der Waals surface area contributed by atoms with E-state index in [-0.39, 0.29) is 0 Å². The first-order valence-corrected chi connectivity index (χ1v) is 9.08. The Balaban J connectivity index is 0.000000338.